The van der Waals surface area contributed by atoms with Crippen molar-refractivity contribution >= 4 is 11.8 Å². The highest BCUT2D eigenvalue weighted by molar-refractivity contribution is 5.94. The molecule has 1 atom stereocenters. The van der Waals surface area contributed by atoms with Crippen LogP contribution < -0.4 is 10.6 Å². The van der Waals surface area contributed by atoms with E-state index in [1.54, 1.807) is 0 Å². The molecule has 2 fully saturated rings. The first-order chi connectivity index (χ1) is 13.2. The van der Waals surface area contributed by atoms with Gasteiger partial charge in [-0.3, -0.25) is 9.59 Å². The lowest BCUT2D eigenvalue weighted by Gasteiger charge is -2.25. The fourth-order valence-electron chi connectivity index (χ4n) is 4.53. The highest BCUT2D eigenvalue weighted by atomic mass is 16.5. The third-order valence-corrected chi connectivity index (χ3v) is 6.13. The molecule has 1 saturated heterocycles. The summed E-state index contributed by atoms with van der Waals surface area (Å²) < 4.78 is 10.8. The SMILES string of the molecule is O=C(CC1CCOCC1)NC1CCc2onc(C(=O)NC3CCCC3)c2C1. The molecule has 148 valence electrons. The molecule has 0 aromatic carbocycles. The number of rotatable bonds is 5. The minimum absolute atomic E-state index is 0.0438. The quantitative estimate of drug-likeness (QED) is 0.822. The van der Waals surface area contributed by atoms with Gasteiger partial charge in [0.2, 0.25) is 5.91 Å². The van der Waals surface area contributed by atoms with Crippen LogP contribution in [0.15, 0.2) is 4.52 Å². The summed E-state index contributed by atoms with van der Waals surface area (Å²) >= 11 is 0. The van der Waals surface area contributed by atoms with Gasteiger partial charge in [0.1, 0.15) is 5.76 Å². The van der Waals surface area contributed by atoms with Crippen molar-refractivity contribution < 1.29 is 18.8 Å². The maximum Gasteiger partial charge on any atom is 0.273 e. The number of nitrogens with one attached hydrogen (secondary N) is 2. The maximum absolute atomic E-state index is 12.6. The van der Waals surface area contributed by atoms with Crippen LogP contribution in [-0.4, -0.2) is 42.3 Å². The fraction of sp³-hybridized carbons (Fsp3) is 0.750. The molecule has 1 aliphatic heterocycles. The van der Waals surface area contributed by atoms with Gasteiger partial charge in [0.05, 0.1) is 0 Å². The number of carbonyl (C=O) groups excluding carboxylic acids is 2. The molecule has 2 heterocycles. The molecular weight excluding hydrogens is 346 g/mol. The molecule has 1 saturated carbocycles. The lowest BCUT2D eigenvalue weighted by molar-refractivity contribution is -0.123. The van der Waals surface area contributed by atoms with E-state index in [9.17, 15) is 9.59 Å². The van der Waals surface area contributed by atoms with Gasteiger partial charge in [-0.05, 0) is 44.4 Å². The number of aromatic nitrogens is 1. The number of hydrogen-bond acceptors (Lipinski definition) is 5. The van der Waals surface area contributed by atoms with Crippen LogP contribution in [-0.2, 0) is 22.4 Å². The van der Waals surface area contributed by atoms with Crippen LogP contribution in [0, 0.1) is 5.92 Å². The van der Waals surface area contributed by atoms with Crippen molar-refractivity contribution in [3.63, 3.8) is 0 Å². The summed E-state index contributed by atoms with van der Waals surface area (Å²) in [6.07, 6.45) is 9.04. The molecule has 0 bridgehead atoms. The van der Waals surface area contributed by atoms with E-state index in [2.05, 4.69) is 15.8 Å². The predicted molar refractivity (Wildman–Crippen MR) is 98.3 cm³/mol. The summed E-state index contributed by atoms with van der Waals surface area (Å²) in [5, 5.41) is 10.3. The highest BCUT2D eigenvalue weighted by Crippen LogP contribution is 2.26. The topological polar surface area (TPSA) is 93.5 Å². The van der Waals surface area contributed by atoms with Gasteiger partial charge in [-0.15, -0.1) is 0 Å². The van der Waals surface area contributed by atoms with Crippen LogP contribution in [0.2, 0.25) is 0 Å². The zero-order valence-corrected chi connectivity index (χ0v) is 15.8. The molecule has 27 heavy (non-hydrogen) atoms. The van der Waals surface area contributed by atoms with Gasteiger partial charge < -0.3 is 19.9 Å². The molecule has 7 heteroatoms. The van der Waals surface area contributed by atoms with Crippen molar-refractivity contribution in [3.05, 3.63) is 17.0 Å². The normalized spacial score (nSPS) is 23.8. The summed E-state index contributed by atoms with van der Waals surface area (Å²) in [4.78, 5) is 25.0. The minimum Gasteiger partial charge on any atom is -0.381 e. The van der Waals surface area contributed by atoms with Crippen LogP contribution in [0.1, 0.15) is 73.2 Å². The summed E-state index contributed by atoms with van der Waals surface area (Å²) in [6, 6.07) is 0.297. The summed E-state index contributed by atoms with van der Waals surface area (Å²) in [6.45, 7) is 1.51. The van der Waals surface area contributed by atoms with Gasteiger partial charge in [0, 0.05) is 43.7 Å². The molecule has 7 nitrogen and oxygen atoms in total. The number of amides is 2. The molecule has 2 amide bonds. The second-order valence-electron chi connectivity index (χ2n) is 8.15. The smallest absolute Gasteiger partial charge is 0.273 e. The van der Waals surface area contributed by atoms with Gasteiger partial charge in [-0.2, -0.15) is 0 Å². The van der Waals surface area contributed by atoms with Crippen LogP contribution in [0.25, 0.3) is 0 Å². The molecule has 0 radical (unpaired) electrons. The Labute approximate surface area is 159 Å². The average molecular weight is 375 g/mol. The van der Waals surface area contributed by atoms with E-state index in [4.69, 9.17) is 9.26 Å². The lowest BCUT2D eigenvalue weighted by atomic mass is 9.91. The number of ether oxygens (including phenoxy) is 1. The van der Waals surface area contributed by atoms with Crippen LogP contribution >= 0.6 is 0 Å². The Morgan fingerprint density at radius 3 is 2.56 bits per heavy atom. The molecule has 1 unspecified atom stereocenters. The second-order valence-corrected chi connectivity index (χ2v) is 8.15. The molecule has 3 aliphatic rings. The van der Waals surface area contributed by atoms with E-state index >= 15 is 0 Å². The van der Waals surface area contributed by atoms with Crippen molar-refractivity contribution in [2.24, 2.45) is 5.92 Å². The average Bonchev–Trinajstić information content (AvgIpc) is 3.31. The summed E-state index contributed by atoms with van der Waals surface area (Å²) in [5.41, 5.74) is 1.27. The van der Waals surface area contributed by atoms with E-state index in [0.29, 0.717) is 30.9 Å². The van der Waals surface area contributed by atoms with Gasteiger partial charge in [-0.1, -0.05) is 18.0 Å². The third kappa shape index (κ3) is 4.51. The Bertz CT molecular complexity index is 675. The van der Waals surface area contributed by atoms with E-state index in [1.807, 2.05) is 0 Å². The number of nitrogens with zero attached hydrogens (tertiary/aromatic N) is 1. The van der Waals surface area contributed by atoms with Crippen molar-refractivity contribution in [1.82, 2.24) is 15.8 Å². The Kier molecular flexibility index (Phi) is 5.76. The largest absolute Gasteiger partial charge is 0.381 e. The van der Waals surface area contributed by atoms with Gasteiger partial charge in [0.25, 0.3) is 5.91 Å². The van der Waals surface area contributed by atoms with E-state index in [-0.39, 0.29) is 23.9 Å². The van der Waals surface area contributed by atoms with Gasteiger partial charge in [-0.25, -0.2) is 0 Å². The highest BCUT2D eigenvalue weighted by Gasteiger charge is 2.31. The van der Waals surface area contributed by atoms with Crippen LogP contribution in [0.3, 0.4) is 0 Å². The second kappa shape index (κ2) is 8.42. The van der Waals surface area contributed by atoms with Crippen molar-refractivity contribution in [3.8, 4) is 0 Å². The number of carbonyl (C=O) groups is 2. The Morgan fingerprint density at radius 2 is 1.78 bits per heavy atom. The zero-order chi connectivity index (χ0) is 18.6. The zero-order valence-electron chi connectivity index (χ0n) is 15.8. The number of fused-ring (bicyclic) bond motifs is 1. The Balaban J connectivity index is 1.33. The van der Waals surface area contributed by atoms with Crippen LogP contribution in [0.4, 0.5) is 0 Å². The number of aryl methyl sites for hydroxylation is 1. The standard InChI is InChI=1S/C20H29N3O4/c24-18(11-13-7-9-26-10-8-13)21-15-5-6-17-16(12-15)19(23-27-17)20(25)22-14-3-1-2-4-14/h13-15H,1-12H2,(H,21,24)(H,22,25). The van der Waals surface area contributed by atoms with Gasteiger partial charge >= 0.3 is 0 Å². The predicted octanol–water partition coefficient (Wildman–Crippen LogP) is 2.14. The minimum atomic E-state index is -0.138. The van der Waals surface area contributed by atoms with Crippen LogP contribution in [0.5, 0.6) is 0 Å². The third-order valence-electron chi connectivity index (χ3n) is 6.13. The lowest BCUT2D eigenvalue weighted by Crippen LogP contribution is -2.40. The van der Waals surface area contributed by atoms with E-state index in [0.717, 1.165) is 56.6 Å². The number of hydrogen-bond donors (Lipinski definition) is 2. The first-order valence-corrected chi connectivity index (χ1v) is 10.3. The first-order valence-electron chi connectivity index (χ1n) is 10.3. The Hall–Kier alpha value is -1.89. The molecule has 2 aliphatic carbocycles. The van der Waals surface area contributed by atoms with Crippen molar-refractivity contribution in [1.29, 1.82) is 0 Å². The fourth-order valence-corrected chi connectivity index (χ4v) is 4.53. The van der Waals surface area contributed by atoms with Gasteiger partial charge in [0.15, 0.2) is 5.69 Å². The summed E-state index contributed by atoms with van der Waals surface area (Å²) in [5.74, 6) is 1.17. The monoisotopic (exact) mass is 375 g/mol. The maximum atomic E-state index is 12.6. The molecule has 4 rings (SSSR count). The molecule has 1 aromatic heterocycles. The molecule has 0 spiro atoms. The first kappa shape index (κ1) is 18.5. The van der Waals surface area contributed by atoms with Crippen molar-refractivity contribution in [2.75, 3.05) is 13.2 Å². The van der Waals surface area contributed by atoms with E-state index < -0.39 is 0 Å². The molecule has 2 N–H and O–H groups in total. The molecular formula is C20H29N3O4. The van der Waals surface area contributed by atoms with E-state index in [1.165, 1.54) is 12.8 Å². The molecule has 1 aromatic rings. The van der Waals surface area contributed by atoms with Crippen molar-refractivity contribution in [2.45, 2.75) is 76.3 Å². The Morgan fingerprint density at radius 1 is 1.00 bits per heavy atom. The summed E-state index contributed by atoms with van der Waals surface area (Å²) in [7, 11) is 0.